The number of carbonyl (C=O) groups is 13. The Hall–Kier alpha value is -9.26. The van der Waals surface area contributed by atoms with Gasteiger partial charge in [-0.2, -0.15) is 0 Å². The van der Waals surface area contributed by atoms with Gasteiger partial charge in [0.15, 0.2) is 11.9 Å². The number of aliphatic carboxylic acids is 3. The molecule has 10 amide bonds. The Morgan fingerprint density at radius 3 is 1.38 bits per heavy atom. The number of aromatic amines is 1. The van der Waals surface area contributed by atoms with Crippen LogP contribution < -0.4 is 82.3 Å². The van der Waals surface area contributed by atoms with E-state index in [1.807, 2.05) is 5.32 Å². The van der Waals surface area contributed by atoms with Crippen molar-refractivity contribution in [1.82, 2.24) is 57.8 Å². The maximum atomic E-state index is 14.4. The molecule has 1 heterocycles. The zero-order valence-corrected chi connectivity index (χ0v) is 50.3. The van der Waals surface area contributed by atoms with Crippen molar-refractivity contribution < 1.29 is 87.9 Å². The molecule has 0 fully saturated rings. The normalized spacial score (nSPS) is 15.1. The molecule has 0 aromatic carbocycles. The third-order valence-corrected chi connectivity index (χ3v) is 13.4. The molecular weight excluding hydrogens is 1180 g/mol. The van der Waals surface area contributed by atoms with Gasteiger partial charge in [0, 0.05) is 50.7 Å². The molecule has 0 bridgehead atoms. The molecule has 0 saturated carbocycles. The van der Waals surface area contributed by atoms with Crippen molar-refractivity contribution in [3.05, 3.63) is 18.2 Å². The third kappa shape index (κ3) is 30.8. The summed E-state index contributed by atoms with van der Waals surface area (Å²) in [5.41, 5.74) is 33.4. The van der Waals surface area contributed by atoms with E-state index in [1.54, 1.807) is 27.7 Å². The highest BCUT2D eigenvalue weighted by molar-refractivity contribution is 5.99. The summed E-state index contributed by atoms with van der Waals surface area (Å²) in [5, 5.41) is 70.6. The van der Waals surface area contributed by atoms with Crippen LogP contribution in [0.1, 0.15) is 117 Å². The number of imidazole rings is 1. The first-order valence-electron chi connectivity index (χ1n) is 28.5. The number of aromatic nitrogens is 2. The van der Waals surface area contributed by atoms with Crippen LogP contribution in [0, 0.1) is 11.8 Å². The number of aliphatic imine (C=N–C) groups is 2. The van der Waals surface area contributed by atoms with E-state index < -0.39 is 188 Å². The molecule has 0 aliphatic carbocycles. The summed E-state index contributed by atoms with van der Waals surface area (Å²) in [6.07, 6.45) is -2.64. The van der Waals surface area contributed by atoms with E-state index >= 15 is 0 Å². The van der Waals surface area contributed by atoms with Gasteiger partial charge in [0.05, 0.1) is 25.1 Å². The highest BCUT2D eigenvalue weighted by atomic mass is 16.4. The molecule has 89 heavy (non-hydrogen) atoms. The fraction of sp³-hybridized carbons (Fsp3) is 0.654. The second kappa shape index (κ2) is 40.2. The number of amides is 10. The van der Waals surface area contributed by atoms with Crippen LogP contribution in [0.15, 0.2) is 22.5 Å². The van der Waals surface area contributed by atoms with E-state index in [0.717, 1.165) is 6.92 Å². The van der Waals surface area contributed by atoms with Crippen molar-refractivity contribution in [2.75, 3.05) is 19.7 Å². The lowest BCUT2D eigenvalue weighted by molar-refractivity contribution is -0.144. The second-order valence-electron chi connectivity index (χ2n) is 21.3. The van der Waals surface area contributed by atoms with Crippen molar-refractivity contribution in [1.29, 1.82) is 0 Å². The van der Waals surface area contributed by atoms with Crippen LogP contribution >= 0.6 is 0 Å². The van der Waals surface area contributed by atoms with E-state index in [4.69, 9.17) is 39.5 Å². The predicted octanol–water partition coefficient (Wildman–Crippen LogP) is -7.71. The molecule has 27 N–H and O–H groups in total. The Kier molecular flexibility index (Phi) is 35.2. The zero-order valence-electron chi connectivity index (χ0n) is 50.3. The number of hydrogen-bond acceptors (Lipinski definition) is 19. The van der Waals surface area contributed by atoms with Gasteiger partial charge in [0.1, 0.15) is 54.4 Å². The largest absolute Gasteiger partial charge is 0.481 e. The van der Waals surface area contributed by atoms with Crippen molar-refractivity contribution in [2.45, 2.75) is 185 Å². The van der Waals surface area contributed by atoms with Crippen molar-refractivity contribution >= 4 is 88.9 Å². The van der Waals surface area contributed by atoms with Gasteiger partial charge in [0.2, 0.25) is 59.1 Å². The zero-order chi connectivity index (χ0) is 67.7. The molecule has 500 valence electrons. The number of aliphatic hydroxyl groups is 2. The molecule has 37 heteroatoms. The average Bonchev–Trinajstić information content (AvgIpc) is 2.54. The number of carboxylic acid groups (broad SMARTS) is 3. The van der Waals surface area contributed by atoms with Crippen LogP contribution in [0.2, 0.25) is 0 Å². The lowest BCUT2D eigenvalue weighted by Gasteiger charge is -2.30. The van der Waals surface area contributed by atoms with E-state index in [0.29, 0.717) is 5.69 Å². The summed E-state index contributed by atoms with van der Waals surface area (Å²) in [4.78, 5) is 186. The average molecular weight is 1270 g/mol. The first kappa shape index (κ1) is 77.8. The van der Waals surface area contributed by atoms with Crippen LogP contribution in [0.4, 0.5) is 0 Å². The van der Waals surface area contributed by atoms with E-state index in [-0.39, 0.29) is 82.8 Å². The summed E-state index contributed by atoms with van der Waals surface area (Å²) >= 11 is 0. The van der Waals surface area contributed by atoms with Crippen molar-refractivity contribution in [2.24, 2.45) is 56.2 Å². The van der Waals surface area contributed by atoms with Crippen LogP contribution in [0.25, 0.3) is 0 Å². The number of nitrogens with one attached hydrogen (secondary N) is 10. The highest BCUT2D eigenvalue weighted by Crippen LogP contribution is 2.14. The number of nitrogens with zero attached hydrogens (tertiary/aromatic N) is 3. The Morgan fingerprint density at radius 1 is 0.528 bits per heavy atom. The molecule has 0 spiro atoms. The quantitative estimate of drug-likeness (QED) is 0.0164. The van der Waals surface area contributed by atoms with Crippen LogP contribution in [-0.4, -0.2) is 211 Å². The lowest BCUT2D eigenvalue weighted by Crippen LogP contribution is -2.62. The van der Waals surface area contributed by atoms with Crippen LogP contribution in [0.3, 0.4) is 0 Å². The Bertz CT molecular complexity index is 2610. The Balaban J connectivity index is 3.64. The van der Waals surface area contributed by atoms with Gasteiger partial charge in [-0.05, 0) is 70.1 Å². The molecule has 0 saturated heterocycles. The summed E-state index contributed by atoms with van der Waals surface area (Å²) in [5.74, 6) is -16.4. The second-order valence-corrected chi connectivity index (χ2v) is 21.3. The van der Waals surface area contributed by atoms with Gasteiger partial charge in [0.25, 0.3) is 0 Å². The minimum absolute atomic E-state index is 0.0157. The summed E-state index contributed by atoms with van der Waals surface area (Å²) < 4.78 is 0. The molecule has 37 nitrogen and oxygen atoms in total. The van der Waals surface area contributed by atoms with Crippen molar-refractivity contribution in [3.63, 3.8) is 0 Å². The number of carbonyl (C=O) groups excluding carboxylic acids is 10. The SMILES string of the molecule is CC[C@H](C)[C@H](NC(=O)[C@H](Cc1cnc[nH]1)NC(=O)[C@@H](N)CCC(N)=O)C(=O)N[C@@H](CCCN=C(N)N)C(=O)N[C@@H](CCC(=O)O)C(=O)N[C@@H](CC(C)C)C(=O)N[C@H](C(=O)N[C@@H](CCCN=C(N)N)C(=O)N[C@@H](CO)C(=O)N[C@@H](CCC(=O)O)C(=O)O)[C@@H](C)O. The number of carboxylic acids is 3. The maximum Gasteiger partial charge on any atom is 0.326 e. The first-order valence-corrected chi connectivity index (χ1v) is 28.5. The first-order chi connectivity index (χ1) is 41.7. The lowest BCUT2D eigenvalue weighted by atomic mass is 9.96. The molecule has 1 aromatic heterocycles. The Morgan fingerprint density at radius 2 is 0.944 bits per heavy atom. The molecule has 12 atom stereocenters. The summed E-state index contributed by atoms with van der Waals surface area (Å²) in [7, 11) is 0. The predicted molar refractivity (Wildman–Crippen MR) is 315 cm³/mol. The highest BCUT2D eigenvalue weighted by Gasteiger charge is 2.38. The van der Waals surface area contributed by atoms with Crippen LogP contribution in [0.5, 0.6) is 0 Å². The molecule has 1 aromatic rings. The van der Waals surface area contributed by atoms with Gasteiger partial charge in [-0.1, -0.05) is 34.1 Å². The smallest absolute Gasteiger partial charge is 0.326 e. The van der Waals surface area contributed by atoms with Gasteiger partial charge in [-0.25, -0.2) is 9.78 Å². The minimum atomic E-state index is -1.92. The number of hydrogen-bond donors (Lipinski definition) is 21. The topological polar surface area (TPSA) is 641 Å². The fourth-order valence-electron chi connectivity index (χ4n) is 8.26. The molecule has 0 unspecified atom stereocenters. The third-order valence-electron chi connectivity index (χ3n) is 13.4. The van der Waals surface area contributed by atoms with E-state index in [9.17, 15) is 82.8 Å². The number of nitrogens with two attached hydrogens (primary N) is 6. The van der Waals surface area contributed by atoms with E-state index in [1.165, 1.54) is 12.5 Å². The molecule has 1 rings (SSSR count). The number of H-pyrrole nitrogens is 1. The molecular formula is C52H89N19O18. The number of rotatable bonds is 44. The minimum Gasteiger partial charge on any atom is -0.481 e. The summed E-state index contributed by atoms with van der Waals surface area (Å²) in [6, 6.07) is -16.2. The van der Waals surface area contributed by atoms with E-state index in [2.05, 4.69) is 62.5 Å². The fourth-order valence-corrected chi connectivity index (χ4v) is 8.26. The van der Waals surface area contributed by atoms with Gasteiger partial charge in [-0.15, -0.1) is 0 Å². The molecule has 0 radical (unpaired) electrons. The summed E-state index contributed by atoms with van der Waals surface area (Å²) in [6.45, 7) is 6.38. The van der Waals surface area contributed by atoms with Crippen LogP contribution in [-0.2, 0) is 68.7 Å². The number of guanidine groups is 2. The maximum absolute atomic E-state index is 14.4. The standard InChI is InChI=1S/C52H89N19O18/c1-6-25(4)39(70-46(84)34(20-27-21-59-23-62-27)67-41(79)28(53)11-14-36(54)74)48(86)64-29(9-7-17-60-51(55)56)42(80)63-31(12-15-37(75)76)44(82)68-33(19-24(2)3)45(83)71-40(26(5)73)49(87)65-30(10-8-18-61-52(57)58)43(81)69-35(22-72)47(85)66-32(50(88)89)13-16-38(77)78/h21,23-26,28-35,39-40,72-73H,6-20,22,53H2,1-5H3,(H2,54,74)(H,59,62)(H,63,80)(H,64,86)(H,65,87)(H,66,85)(H,67,79)(H,68,82)(H,69,81)(H,70,84)(H,71,83)(H,75,76)(H,77,78)(H,88,89)(H4,55,56,60)(H4,57,58,61)/t25-,26+,28-,29-,30-,31-,32-,33-,34-,35-,39-,40-/m0/s1. The van der Waals surface area contributed by atoms with Gasteiger partial charge >= 0.3 is 17.9 Å². The van der Waals surface area contributed by atoms with Gasteiger partial charge in [-0.3, -0.25) is 67.5 Å². The molecule has 0 aliphatic rings. The Labute approximate surface area is 512 Å². The number of primary amides is 1. The number of aliphatic hydroxyl groups excluding tert-OH is 2. The van der Waals surface area contributed by atoms with Gasteiger partial charge < -0.3 is 113 Å². The van der Waals surface area contributed by atoms with Crippen molar-refractivity contribution in [3.8, 4) is 0 Å². The molecule has 0 aliphatic heterocycles. The monoisotopic (exact) mass is 1270 g/mol.